The van der Waals surface area contributed by atoms with Crippen LogP contribution in [0.2, 0.25) is 0 Å². The minimum Gasteiger partial charge on any atom is -0.490 e. The molecule has 2 rings (SSSR count). The molecule has 0 heterocycles. The number of ether oxygens (including phenoxy) is 2. The maximum Gasteiger partial charge on any atom is 0.311 e. The van der Waals surface area contributed by atoms with Crippen LogP contribution in [0.3, 0.4) is 0 Å². The van der Waals surface area contributed by atoms with E-state index in [1.807, 2.05) is 62.4 Å². The van der Waals surface area contributed by atoms with Gasteiger partial charge in [-0.2, -0.15) is 0 Å². The van der Waals surface area contributed by atoms with Crippen molar-refractivity contribution < 1.29 is 24.4 Å². The first-order valence-corrected chi connectivity index (χ1v) is 12.8. The maximum absolute atomic E-state index is 13.0. The maximum atomic E-state index is 13.0. The minimum absolute atomic E-state index is 0.156. The Hall–Kier alpha value is -2.37. The summed E-state index contributed by atoms with van der Waals surface area (Å²) in [5, 5.41) is 9.72. The Bertz CT molecular complexity index is 835. The van der Waals surface area contributed by atoms with Crippen LogP contribution in [0.25, 0.3) is 0 Å². The lowest BCUT2D eigenvalue weighted by Gasteiger charge is -2.24. The fourth-order valence-corrected chi connectivity index (χ4v) is 4.21. The number of para-hydroxylation sites is 1. The number of hydrogen-bond acceptors (Lipinski definition) is 5. The summed E-state index contributed by atoms with van der Waals surface area (Å²) in [7, 11) is 0. The molecule has 0 aliphatic heterocycles. The first-order valence-electron chi connectivity index (χ1n) is 12.8. The van der Waals surface area contributed by atoms with E-state index in [0.29, 0.717) is 12.8 Å². The molecule has 188 valence electrons. The number of aryl methyl sites for hydroxylation is 2. The Morgan fingerprint density at radius 3 is 2.18 bits per heavy atom. The van der Waals surface area contributed by atoms with Crippen LogP contribution < -0.4 is 4.74 Å². The first kappa shape index (κ1) is 27.9. The average molecular weight is 471 g/mol. The van der Waals surface area contributed by atoms with Crippen LogP contribution in [0, 0.1) is 19.8 Å². The molecule has 1 N–H and O–H groups in total. The van der Waals surface area contributed by atoms with Gasteiger partial charge in [-0.15, -0.1) is 0 Å². The predicted octanol–water partition coefficient (Wildman–Crippen LogP) is 7.08. The highest BCUT2D eigenvalue weighted by Gasteiger charge is 2.31. The van der Waals surface area contributed by atoms with Crippen molar-refractivity contribution in [2.75, 3.05) is 13.2 Å². The second kappa shape index (κ2) is 16.3. The van der Waals surface area contributed by atoms with Crippen molar-refractivity contribution in [3.05, 3.63) is 65.2 Å². The highest BCUT2D eigenvalue weighted by Crippen LogP contribution is 2.24. The molecule has 5 heteroatoms. The number of unbranched alkanes of at least 4 members (excludes halogenated alkanes) is 6. The number of carbonyl (C=O) groups excluding carboxylic acids is 1. The molecule has 2 unspecified atom stereocenters. The van der Waals surface area contributed by atoms with E-state index >= 15 is 0 Å². The lowest BCUT2D eigenvalue weighted by molar-refractivity contribution is -0.290. The van der Waals surface area contributed by atoms with Gasteiger partial charge in [0.1, 0.15) is 25.1 Å². The molecule has 0 aromatic heterocycles. The fraction of sp³-hybridized carbons (Fsp3) is 0.552. The van der Waals surface area contributed by atoms with Gasteiger partial charge in [-0.25, -0.2) is 4.89 Å². The Labute approximate surface area is 205 Å². The number of benzene rings is 2. The third kappa shape index (κ3) is 9.86. The molecule has 0 aliphatic carbocycles. The molecular weight excluding hydrogens is 428 g/mol. The molecule has 5 nitrogen and oxygen atoms in total. The van der Waals surface area contributed by atoms with Gasteiger partial charge in [-0.3, -0.25) is 10.1 Å². The highest BCUT2D eigenvalue weighted by molar-refractivity contribution is 5.73. The Balaban J connectivity index is 1.93. The van der Waals surface area contributed by atoms with Gasteiger partial charge in [0.25, 0.3) is 0 Å². The third-order valence-corrected chi connectivity index (χ3v) is 6.37. The molecule has 2 atom stereocenters. The van der Waals surface area contributed by atoms with Crippen LogP contribution in [-0.2, 0) is 20.8 Å². The average Bonchev–Trinajstić information content (AvgIpc) is 2.84. The summed E-state index contributed by atoms with van der Waals surface area (Å²) in [6.45, 7) is 6.66. The topological polar surface area (TPSA) is 65.0 Å². The lowest BCUT2D eigenvalue weighted by Crippen LogP contribution is -2.34. The van der Waals surface area contributed by atoms with Gasteiger partial charge in [-0.1, -0.05) is 94.3 Å². The van der Waals surface area contributed by atoms with Crippen LogP contribution in [0.1, 0.15) is 75.0 Å². The highest BCUT2D eigenvalue weighted by atomic mass is 17.1. The number of hydrogen-bond donors (Lipinski definition) is 1. The van der Waals surface area contributed by atoms with E-state index < -0.39 is 12.0 Å². The van der Waals surface area contributed by atoms with Crippen molar-refractivity contribution in [3.63, 3.8) is 0 Å². The monoisotopic (exact) mass is 470 g/mol. The number of carbonyl (C=O) groups is 1. The van der Waals surface area contributed by atoms with Crippen molar-refractivity contribution in [3.8, 4) is 5.75 Å². The predicted molar refractivity (Wildman–Crippen MR) is 136 cm³/mol. The summed E-state index contributed by atoms with van der Waals surface area (Å²) in [4.78, 5) is 17.9. The quantitative estimate of drug-likeness (QED) is 0.116. The van der Waals surface area contributed by atoms with Gasteiger partial charge in [-0.05, 0) is 43.0 Å². The van der Waals surface area contributed by atoms with E-state index in [-0.39, 0.29) is 19.2 Å². The largest absolute Gasteiger partial charge is 0.490 e. The molecule has 34 heavy (non-hydrogen) atoms. The standard InChI is InChI=1S/C29H42O5/c1-4-5-6-7-8-9-10-18-26(28(34-31)22-25-17-13-11-15-23(25)2)29(30)33-21-20-32-27-19-14-12-16-24(27)3/h11-17,19,26,28,31H,4-10,18,20-22H2,1-3H3. The molecule has 0 fully saturated rings. The molecular formula is C29H42O5. The smallest absolute Gasteiger partial charge is 0.311 e. The zero-order valence-corrected chi connectivity index (χ0v) is 21.1. The van der Waals surface area contributed by atoms with E-state index in [0.717, 1.165) is 41.7 Å². The van der Waals surface area contributed by atoms with Gasteiger partial charge in [0.2, 0.25) is 0 Å². The lowest BCUT2D eigenvalue weighted by atomic mass is 9.90. The molecule has 0 saturated carbocycles. The molecule has 0 radical (unpaired) electrons. The number of rotatable bonds is 17. The molecule has 2 aromatic rings. The molecule has 2 aromatic carbocycles. The van der Waals surface area contributed by atoms with Crippen molar-refractivity contribution in [1.29, 1.82) is 0 Å². The molecule has 0 saturated heterocycles. The summed E-state index contributed by atoms with van der Waals surface area (Å²) in [5.41, 5.74) is 3.21. The third-order valence-electron chi connectivity index (χ3n) is 6.37. The van der Waals surface area contributed by atoms with Crippen LogP contribution >= 0.6 is 0 Å². The molecule has 0 aliphatic rings. The van der Waals surface area contributed by atoms with Crippen LogP contribution in [0.15, 0.2) is 48.5 Å². The van der Waals surface area contributed by atoms with E-state index in [4.69, 9.17) is 14.4 Å². The van der Waals surface area contributed by atoms with Gasteiger partial charge < -0.3 is 9.47 Å². The van der Waals surface area contributed by atoms with Crippen LogP contribution in [0.4, 0.5) is 0 Å². The molecule has 0 spiro atoms. The van der Waals surface area contributed by atoms with E-state index in [1.165, 1.54) is 25.7 Å². The van der Waals surface area contributed by atoms with Gasteiger partial charge in [0, 0.05) is 6.42 Å². The van der Waals surface area contributed by atoms with Crippen molar-refractivity contribution in [2.45, 2.75) is 84.7 Å². The Morgan fingerprint density at radius 1 is 0.853 bits per heavy atom. The van der Waals surface area contributed by atoms with E-state index in [2.05, 4.69) is 6.92 Å². The van der Waals surface area contributed by atoms with Gasteiger partial charge >= 0.3 is 5.97 Å². The fourth-order valence-electron chi connectivity index (χ4n) is 4.21. The van der Waals surface area contributed by atoms with Crippen molar-refractivity contribution in [2.24, 2.45) is 5.92 Å². The Kier molecular flexibility index (Phi) is 13.4. The summed E-state index contributed by atoms with van der Waals surface area (Å²) < 4.78 is 11.3. The van der Waals surface area contributed by atoms with Crippen molar-refractivity contribution >= 4 is 5.97 Å². The first-order chi connectivity index (χ1) is 16.6. The summed E-state index contributed by atoms with van der Waals surface area (Å²) >= 11 is 0. The summed E-state index contributed by atoms with van der Waals surface area (Å²) in [5.74, 6) is -0.0833. The molecule has 0 bridgehead atoms. The van der Waals surface area contributed by atoms with Crippen LogP contribution in [0.5, 0.6) is 5.75 Å². The number of esters is 1. The van der Waals surface area contributed by atoms with E-state index in [1.54, 1.807) is 0 Å². The minimum atomic E-state index is -0.647. The normalized spacial score (nSPS) is 12.8. The molecule has 0 amide bonds. The van der Waals surface area contributed by atoms with Crippen LogP contribution in [-0.4, -0.2) is 30.5 Å². The zero-order chi connectivity index (χ0) is 24.6. The van der Waals surface area contributed by atoms with E-state index in [9.17, 15) is 10.1 Å². The summed E-state index contributed by atoms with van der Waals surface area (Å²) in [6.07, 6.45) is 8.56. The van der Waals surface area contributed by atoms with Crippen molar-refractivity contribution in [1.82, 2.24) is 0 Å². The second-order valence-electron chi connectivity index (χ2n) is 9.07. The second-order valence-corrected chi connectivity index (χ2v) is 9.07. The van der Waals surface area contributed by atoms with Gasteiger partial charge in [0.15, 0.2) is 0 Å². The SMILES string of the molecule is CCCCCCCCCC(C(=O)OCCOc1ccccc1C)C(Cc1ccccc1C)OO. The zero-order valence-electron chi connectivity index (χ0n) is 21.1. The van der Waals surface area contributed by atoms with Gasteiger partial charge in [0.05, 0.1) is 5.92 Å². The Morgan fingerprint density at radius 2 is 1.50 bits per heavy atom. The summed E-state index contributed by atoms with van der Waals surface area (Å²) in [6, 6.07) is 15.7.